The van der Waals surface area contributed by atoms with Gasteiger partial charge in [-0.2, -0.15) is 0 Å². The van der Waals surface area contributed by atoms with E-state index in [2.05, 4.69) is 0 Å². The zero-order valence-corrected chi connectivity index (χ0v) is 7.32. The van der Waals surface area contributed by atoms with Gasteiger partial charge in [-0.05, 0) is 12.0 Å². The van der Waals surface area contributed by atoms with Gasteiger partial charge in [-0.15, -0.1) is 8.78 Å². The third-order valence-electron chi connectivity index (χ3n) is 1.82. The summed E-state index contributed by atoms with van der Waals surface area (Å²) < 4.78 is 25.1. The Hall–Kier alpha value is -1.52. The molecule has 0 amide bonds. The first-order valence-electron chi connectivity index (χ1n) is 4.08. The van der Waals surface area contributed by atoms with Crippen LogP contribution in [0.2, 0.25) is 0 Å². The zero-order chi connectivity index (χ0) is 10.6. The van der Waals surface area contributed by atoms with Crippen molar-refractivity contribution in [3.63, 3.8) is 0 Å². The third-order valence-corrected chi connectivity index (χ3v) is 1.82. The molecule has 0 atom stereocenters. The molecule has 76 valence electrons. The summed E-state index contributed by atoms with van der Waals surface area (Å²) in [7, 11) is 0. The molecule has 0 N–H and O–H groups in total. The van der Waals surface area contributed by atoms with Gasteiger partial charge in [0.15, 0.2) is 0 Å². The molecule has 1 aromatic rings. The lowest BCUT2D eigenvalue weighted by Gasteiger charge is -2.06. The molecule has 0 radical (unpaired) electrons. The Kier molecular flexibility index (Phi) is 3.11. The van der Waals surface area contributed by atoms with E-state index in [4.69, 9.17) is 0 Å². The number of nitro groups is 1. The van der Waals surface area contributed by atoms with Crippen LogP contribution >= 0.6 is 0 Å². The second kappa shape index (κ2) is 4.13. The Morgan fingerprint density at radius 2 is 1.86 bits per heavy atom. The van der Waals surface area contributed by atoms with Crippen LogP contribution in [0.4, 0.5) is 8.78 Å². The Morgan fingerprint density at radius 3 is 2.36 bits per heavy atom. The molecule has 0 aliphatic rings. The fourth-order valence-electron chi connectivity index (χ4n) is 1.03. The lowest BCUT2D eigenvalue weighted by molar-refractivity contribution is -0.644. The summed E-state index contributed by atoms with van der Waals surface area (Å²) in [5.41, 5.74) is 0.675. The number of hydrogen-bond acceptors (Lipinski definition) is 2. The van der Waals surface area contributed by atoms with E-state index in [-0.39, 0.29) is 6.42 Å². The second-order valence-corrected chi connectivity index (χ2v) is 2.91. The largest absolute Gasteiger partial charge is 0.510 e. The molecule has 0 aliphatic heterocycles. The van der Waals surface area contributed by atoms with Crippen molar-refractivity contribution in [3.05, 3.63) is 46.0 Å². The Morgan fingerprint density at radius 1 is 1.29 bits per heavy atom. The molecule has 0 unspecified atom stereocenters. The fourth-order valence-corrected chi connectivity index (χ4v) is 1.03. The minimum absolute atomic E-state index is 0.00875. The summed E-state index contributed by atoms with van der Waals surface area (Å²) in [5, 5.41) is 9.90. The van der Waals surface area contributed by atoms with Crippen LogP contribution in [0.5, 0.6) is 0 Å². The summed E-state index contributed by atoms with van der Waals surface area (Å²) >= 11 is 0. The van der Waals surface area contributed by atoms with Crippen LogP contribution in [0, 0.1) is 10.1 Å². The van der Waals surface area contributed by atoms with Gasteiger partial charge in [0.05, 0.1) is 11.3 Å². The molecule has 0 aliphatic carbocycles. The molecular weight excluding hydrogens is 192 g/mol. The molecule has 0 bridgehead atoms. The average Bonchev–Trinajstić information content (AvgIpc) is 2.16. The van der Waals surface area contributed by atoms with Crippen molar-refractivity contribution >= 4 is 0 Å². The van der Waals surface area contributed by atoms with Gasteiger partial charge < -0.3 is 0 Å². The van der Waals surface area contributed by atoms with Gasteiger partial charge in [0.1, 0.15) is 0 Å². The highest BCUT2D eigenvalue weighted by molar-refractivity contribution is 5.14. The standard InChI is InChI=1S/C9H9F2NO2/c10-9(11,12(13)14)7-6-8-4-2-1-3-5-8/h1-5H,6-7H2. The minimum Gasteiger partial charge on any atom is -0.259 e. The van der Waals surface area contributed by atoms with Gasteiger partial charge >= 0.3 is 6.05 Å². The SMILES string of the molecule is O=[N+]([O-])C(F)(F)CCc1ccccc1. The van der Waals surface area contributed by atoms with Crippen molar-refractivity contribution in [2.45, 2.75) is 18.9 Å². The molecule has 5 heteroatoms. The number of nitrogens with zero attached hydrogens (tertiary/aromatic N) is 1. The van der Waals surface area contributed by atoms with E-state index in [1.807, 2.05) is 0 Å². The van der Waals surface area contributed by atoms with Crippen LogP contribution < -0.4 is 0 Å². The summed E-state index contributed by atoms with van der Waals surface area (Å²) in [5.74, 6) is 0. The number of alkyl halides is 2. The van der Waals surface area contributed by atoms with Crippen LogP contribution in [0.25, 0.3) is 0 Å². The molecule has 0 spiro atoms. The smallest absolute Gasteiger partial charge is 0.259 e. The van der Waals surface area contributed by atoms with Gasteiger partial charge in [0.25, 0.3) is 0 Å². The van der Waals surface area contributed by atoms with Gasteiger partial charge in [0.2, 0.25) is 0 Å². The molecule has 0 saturated carbocycles. The number of benzene rings is 1. The number of hydrogen-bond donors (Lipinski definition) is 0. The monoisotopic (exact) mass is 201 g/mol. The predicted octanol–water partition coefficient (Wildman–Crippen LogP) is 2.49. The van der Waals surface area contributed by atoms with Crippen molar-refractivity contribution in [2.24, 2.45) is 0 Å². The average molecular weight is 201 g/mol. The topological polar surface area (TPSA) is 43.1 Å². The van der Waals surface area contributed by atoms with Crippen LogP contribution in [-0.4, -0.2) is 11.0 Å². The first-order chi connectivity index (χ1) is 6.52. The number of halogens is 2. The lowest BCUT2D eigenvalue weighted by Crippen LogP contribution is -2.27. The molecular formula is C9H9F2NO2. The van der Waals surface area contributed by atoms with E-state index in [0.717, 1.165) is 0 Å². The van der Waals surface area contributed by atoms with Crippen molar-refractivity contribution in [1.29, 1.82) is 0 Å². The van der Waals surface area contributed by atoms with E-state index >= 15 is 0 Å². The molecule has 1 rings (SSSR count). The highest BCUT2D eigenvalue weighted by Gasteiger charge is 2.42. The zero-order valence-electron chi connectivity index (χ0n) is 7.32. The van der Waals surface area contributed by atoms with E-state index in [1.165, 1.54) is 0 Å². The quantitative estimate of drug-likeness (QED) is 0.426. The first-order valence-corrected chi connectivity index (χ1v) is 4.08. The number of rotatable bonds is 4. The van der Waals surface area contributed by atoms with Crippen LogP contribution in [0.1, 0.15) is 12.0 Å². The second-order valence-electron chi connectivity index (χ2n) is 2.91. The molecule has 3 nitrogen and oxygen atoms in total. The summed E-state index contributed by atoms with van der Waals surface area (Å²) in [6, 6.07) is 4.68. The van der Waals surface area contributed by atoms with E-state index in [0.29, 0.717) is 5.56 Å². The van der Waals surface area contributed by atoms with Gasteiger partial charge in [-0.1, -0.05) is 30.3 Å². The van der Waals surface area contributed by atoms with Crippen molar-refractivity contribution in [1.82, 2.24) is 0 Å². The van der Waals surface area contributed by atoms with Crippen molar-refractivity contribution < 1.29 is 13.7 Å². The first kappa shape index (κ1) is 10.6. The van der Waals surface area contributed by atoms with Crippen molar-refractivity contribution in [2.75, 3.05) is 0 Å². The maximum Gasteiger partial charge on any atom is 0.510 e. The highest BCUT2D eigenvalue weighted by atomic mass is 19.3. The predicted molar refractivity (Wildman–Crippen MR) is 46.7 cm³/mol. The Bertz CT molecular complexity index is 314. The summed E-state index contributed by atoms with van der Waals surface area (Å²) in [6.07, 6.45) is -0.751. The van der Waals surface area contributed by atoms with Gasteiger partial charge in [0, 0.05) is 0 Å². The van der Waals surface area contributed by atoms with Crippen molar-refractivity contribution in [3.8, 4) is 0 Å². The maximum atomic E-state index is 12.5. The van der Waals surface area contributed by atoms with E-state index in [9.17, 15) is 18.9 Å². The molecule has 0 aromatic heterocycles. The Balaban J connectivity index is 2.53. The lowest BCUT2D eigenvalue weighted by atomic mass is 10.1. The number of aryl methyl sites for hydroxylation is 1. The van der Waals surface area contributed by atoms with Crippen LogP contribution in [0.3, 0.4) is 0 Å². The van der Waals surface area contributed by atoms with E-state index in [1.54, 1.807) is 30.3 Å². The van der Waals surface area contributed by atoms with Crippen LogP contribution in [0.15, 0.2) is 30.3 Å². The molecule has 1 aromatic carbocycles. The molecule has 0 heterocycles. The van der Waals surface area contributed by atoms with Gasteiger partial charge in [-0.3, -0.25) is 10.1 Å². The van der Waals surface area contributed by atoms with E-state index < -0.39 is 17.4 Å². The normalized spacial score (nSPS) is 11.3. The molecule has 0 saturated heterocycles. The molecule has 14 heavy (non-hydrogen) atoms. The molecule has 0 fully saturated rings. The maximum absolute atomic E-state index is 12.5. The van der Waals surface area contributed by atoms with Gasteiger partial charge in [-0.25, -0.2) is 0 Å². The van der Waals surface area contributed by atoms with Crippen LogP contribution in [-0.2, 0) is 6.42 Å². The Labute approximate surface area is 79.5 Å². The summed E-state index contributed by atoms with van der Waals surface area (Å²) in [4.78, 5) is 8.35. The minimum atomic E-state index is -3.82. The summed E-state index contributed by atoms with van der Waals surface area (Å²) in [6.45, 7) is 0. The fraction of sp³-hybridized carbons (Fsp3) is 0.333. The third kappa shape index (κ3) is 2.76. The highest BCUT2D eigenvalue weighted by Crippen LogP contribution is 2.21.